The highest BCUT2D eigenvalue weighted by molar-refractivity contribution is 8.18. The van der Waals surface area contributed by atoms with Crippen LogP contribution < -0.4 is 5.32 Å². The molecule has 3 rings (SSSR count). The highest BCUT2D eigenvalue weighted by Gasteiger charge is 2.25. The van der Waals surface area contributed by atoms with Crippen LogP contribution in [0.5, 0.6) is 0 Å². The summed E-state index contributed by atoms with van der Waals surface area (Å²) < 4.78 is 2.22. The lowest BCUT2D eigenvalue weighted by molar-refractivity contribution is -0.115. The minimum absolute atomic E-state index is 0.290. The van der Waals surface area contributed by atoms with Crippen molar-refractivity contribution >= 4 is 29.0 Å². The predicted molar refractivity (Wildman–Crippen MR) is 71.0 cm³/mol. The summed E-state index contributed by atoms with van der Waals surface area (Å²) >= 11 is 0.962. The van der Waals surface area contributed by atoms with Gasteiger partial charge in [0.1, 0.15) is 0 Å². The van der Waals surface area contributed by atoms with E-state index in [1.165, 1.54) is 25.7 Å². The van der Waals surface area contributed by atoms with Gasteiger partial charge in [-0.15, -0.1) is 0 Å². The van der Waals surface area contributed by atoms with E-state index in [1.807, 2.05) is 6.07 Å². The lowest BCUT2D eigenvalue weighted by Gasteiger charge is -2.10. The Labute approximate surface area is 109 Å². The number of carbonyl (C=O) groups excluding carboxylic acids is 2. The molecule has 4 nitrogen and oxygen atoms in total. The Bertz CT molecular complexity index is 527. The molecule has 1 saturated carbocycles. The maximum Gasteiger partial charge on any atom is 0.290 e. The fraction of sp³-hybridized carbons (Fsp3) is 0.385. The number of nitrogens with zero attached hydrogens (tertiary/aromatic N) is 1. The maximum atomic E-state index is 11.4. The van der Waals surface area contributed by atoms with E-state index >= 15 is 0 Å². The Morgan fingerprint density at radius 3 is 2.78 bits per heavy atom. The zero-order valence-corrected chi connectivity index (χ0v) is 10.7. The number of rotatable bonds is 2. The van der Waals surface area contributed by atoms with Crippen LogP contribution in [0.4, 0.5) is 4.79 Å². The zero-order valence-electron chi connectivity index (χ0n) is 9.89. The van der Waals surface area contributed by atoms with Gasteiger partial charge in [0.05, 0.1) is 4.91 Å². The molecule has 1 saturated heterocycles. The highest BCUT2D eigenvalue weighted by Crippen LogP contribution is 2.31. The van der Waals surface area contributed by atoms with Gasteiger partial charge >= 0.3 is 0 Å². The van der Waals surface area contributed by atoms with Crippen LogP contribution in [0.2, 0.25) is 0 Å². The zero-order chi connectivity index (χ0) is 12.5. The molecule has 0 unspecified atom stereocenters. The summed E-state index contributed by atoms with van der Waals surface area (Å²) in [5, 5.41) is 1.97. The minimum Gasteiger partial charge on any atom is -0.351 e. The molecule has 1 aliphatic heterocycles. The Balaban J connectivity index is 1.79. The number of aromatic nitrogens is 1. The van der Waals surface area contributed by atoms with Gasteiger partial charge in [0, 0.05) is 18.4 Å². The van der Waals surface area contributed by atoms with Crippen LogP contribution in [0.25, 0.3) is 6.08 Å². The van der Waals surface area contributed by atoms with Gasteiger partial charge in [-0.1, -0.05) is 12.8 Å². The summed E-state index contributed by atoms with van der Waals surface area (Å²) in [6.07, 6.45) is 11.0. The first kappa shape index (κ1) is 11.6. The van der Waals surface area contributed by atoms with E-state index in [0.717, 1.165) is 17.3 Å². The molecule has 2 heterocycles. The Morgan fingerprint density at radius 2 is 2.11 bits per heavy atom. The monoisotopic (exact) mass is 262 g/mol. The number of amides is 2. The second kappa shape index (κ2) is 4.65. The molecule has 1 N–H and O–H groups in total. The molecule has 5 heteroatoms. The van der Waals surface area contributed by atoms with Gasteiger partial charge in [-0.3, -0.25) is 14.9 Å². The second-order valence-corrected chi connectivity index (χ2v) is 5.70. The number of thioether (sulfide) groups is 1. The average molecular weight is 262 g/mol. The van der Waals surface area contributed by atoms with Crippen molar-refractivity contribution in [3.63, 3.8) is 0 Å². The topological polar surface area (TPSA) is 51.1 Å². The normalized spacial score (nSPS) is 23.0. The van der Waals surface area contributed by atoms with Crippen molar-refractivity contribution in [3.05, 3.63) is 28.9 Å². The van der Waals surface area contributed by atoms with Crippen LogP contribution in [0.3, 0.4) is 0 Å². The van der Waals surface area contributed by atoms with Crippen LogP contribution in [-0.2, 0) is 4.79 Å². The fourth-order valence-corrected chi connectivity index (χ4v) is 3.20. The Morgan fingerprint density at radius 1 is 1.33 bits per heavy atom. The van der Waals surface area contributed by atoms with Crippen molar-refractivity contribution in [2.45, 2.75) is 31.7 Å². The number of nitrogens with one attached hydrogen (secondary N) is 1. The molecule has 1 aromatic heterocycles. The summed E-state index contributed by atoms with van der Waals surface area (Å²) in [4.78, 5) is 23.0. The molecule has 1 aromatic rings. The van der Waals surface area contributed by atoms with Crippen molar-refractivity contribution in [3.8, 4) is 0 Å². The smallest absolute Gasteiger partial charge is 0.290 e. The van der Waals surface area contributed by atoms with Crippen LogP contribution in [0.15, 0.2) is 23.4 Å². The first-order valence-electron chi connectivity index (χ1n) is 6.15. The van der Waals surface area contributed by atoms with E-state index in [2.05, 4.69) is 22.3 Å². The van der Waals surface area contributed by atoms with Gasteiger partial charge in [0.25, 0.3) is 11.1 Å². The van der Waals surface area contributed by atoms with Crippen LogP contribution in [0, 0.1) is 0 Å². The lowest BCUT2D eigenvalue weighted by Crippen LogP contribution is -2.17. The molecular formula is C13H14N2O2S. The summed E-state index contributed by atoms with van der Waals surface area (Å²) in [6.45, 7) is 0. The Kier molecular flexibility index (Phi) is 2.99. The van der Waals surface area contributed by atoms with E-state index in [9.17, 15) is 9.59 Å². The molecule has 0 atom stereocenters. The fourth-order valence-electron chi connectivity index (χ4n) is 2.52. The predicted octanol–water partition coefficient (Wildman–Crippen LogP) is 2.93. The maximum absolute atomic E-state index is 11.4. The van der Waals surface area contributed by atoms with Crippen LogP contribution in [-0.4, -0.2) is 15.7 Å². The summed E-state index contributed by atoms with van der Waals surface area (Å²) in [6, 6.07) is 2.59. The van der Waals surface area contributed by atoms with Gasteiger partial charge in [-0.2, -0.15) is 0 Å². The van der Waals surface area contributed by atoms with Crippen molar-refractivity contribution in [2.75, 3.05) is 0 Å². The number of imide groups is 1. The van der Waals surface area contributed by atoms with Crippen molar-refractivity contribution < 1.29 is 9.59 Å². The van der Waals surface area contributed by atoms with Crippen molar-refractivity contribution in [1.82, 2.24) is 9.88 Å². The van der Waals surface area contributed by atoms with Crippen LogP contribution >= 0.6 is 11.8 Å². The van der Waals surface area contributed by atoms with Gasteiger partial charge in [0.15, 0.2) is 0 Å². The number of hydrogen-bond donors (Lipinski definition) is 1. The molecule has 18 heavy (non-hydrogen) atoms. The van der Waals surface area contributed by atoms with E-state index in [1.54, 1.807) is 6.08 Å². The molecule has 2 fully saturated rings. The van der Waals surface area contributed by atoms with Crippen LogP contribution in [0.1, 0.15) is 37.3 Å². The third-order valence-corrected chi connectivity index (χ3v) is 4.23. The molecule has 2 aliphatic rings. The largest absolute Gasteiger partial charge is 0.351 e. The van der Waals surface area contributed by atoms with Gasteiger partial charge in [-0.05, 0) is 42.3 Å². The molecular weight excluding hydrogens is 248 g/mol. The summed E-state index contributed by atoms with van der Waals surface area (Å²) in [5.41, 5.74) is 0.981. The van der Waals surface area contributed by atoms with Crippen molar-refractivity contribution in [2.24, 2.45) is 0 Å². The van der Waals surface area contributed by atoms with E-state index < -0.39 is 0 Å². The third kappa shape index (κ3) is 2.22. The van der Waals surface area contributed by atoms with E-state index in [0.29, 0.717) is 10.9 Å². The van der Waals surface area contributed by atoms with E-state index in [4.69, 9.17) is 0 Å². The first-order valence-corrected chi connectivity index (χ1v) is 6.96. The van der Waals surface area contributed by atoms with Gasteiger partial charge in [0.2, 0.25) is 0 Å². The van der Waals surface area contributed by atoms with Gasteiger partial charge < -0.3 is 4.57 Å². The second-order valence-electron chi connectivity index (χ2n) is 4.68. The molecule has 0 radical (unpaired) electrons. The van der Waals surface area contributed by atoms with E-state index in [-0.39, 0.29) is 11.1 Å². The Hall–Kier alpha value is -1.49. The molecule has 94 valence electrons. The molecule has 0 bridgehead atoms. The first-order chi connectivity index (χ1) is 8.72. The SMILES string of the molecule is O=C1NC(=O)/C(=C/c2ccn(C3CCCC3)c2)S1. The summed E-state index contributed by atoms with van der Waals surface area (Å²) in [7, 11) is 0. The van der Waals surface area contributed by atoms with Crippen molar-refractivity contribution in [1.29, 1.82) is 0 Å². The van der Waals surface area contributed by atoms with Gasteiger partial charge in [-0.25, -0.2) is 0 Å². The third-order valence-electron chi connectivity index (χ3n) is 3.42. The molecule has 2 amide bonds. The molecule has 0 aromatic carbocycles. The average Bonchev–Trinajstić information content (AvgIpc) is 3.02. The standard InChI is InChI=1S/C13H14N2O2S/c16-12-11(18-13(17)14-12)7-9-5-6-15(8-9)10-3-1-2-4-10/h5-8,10H,1-4H2,(H,14,16,17)/b11-7-. The highest BCUT2D eigenvalue weighted by atomic mass is 32.2. The minimum atomic E-state index is -0.293. The molecule has 0 spiro atoms. The number of carbonyl (C=O) groups is 2. The quantitative estimate of drug-likeness (QED) is 0.834. The number of hydrogen-bond acceptors (Lipinski definition) is 3. The molecule has 1 aliphatic carbocycles. The lowest BCUT2D eigenvalue weighted by atomic mass is 10.2. The summed E-state index contributed by atoms with van der Waals surface area (Å²) in [5.74, 6) is -0.293.